The van der Waals surface area contributed by atoms with E-state index < -0.39 is 33.9 Å². The Morgan fingerprint density at radius 2 is 1.60 bits per heavy atom. The van der Waals surface area contributed by atoms with Crippen molar-refractivity contribution in [2.45, 2.75) is 13.0 Å². The van der Waals surface area contributed by atoms with Crippen LogP contribution in [0.25, 0.3) is 10.9 Å². The van der Waals surface area contributed by atoms with Gasteiger partial charge in [0.2, 0.25) is 0 Å². The maximum absolute atomic E-state index is 14.6. The van der Waals surface area contributed by atoms with Crippen LogP contribution in [0, 0.1) is 5.82 Å². The highest BCUT2D eigenvalue weighted by molar-refractivity contribution is 7.86. The highest BCUT2D eigenvalue weighted by Gasteiger charge is 2.18. The molecule has 12 heteroatoms. The van der Waals surface area contributed by atoms with Crippen LogP contribution in [-0.2, 0) is 14.3 Å². The summed E-state index contributed by atoms with van der Waals surface area (Å²) >= 11 is 0. The molecule has 1 aliphatic heterocycles. The van der Waals surface area contributed by atoms with Crippen LogP contribution in [0.5, 0.6) is 11.5 Å². The quantitative estimate of drug-likeness (QED) is 0.309. The van der Waals surface area contributed by atoms with Gasteiger partial charge in [-0.25, -0.2) is 4.39 Å². The second-order valence-electron chi connectivity index (χ2n) is 9.05. The number of rotatable bonds is 7. The molecule has 40 heavy (non-hydrogen) atoms. The van der Waals surface area contributed by atoms with Gasteiger partial charge in [0.15, 0.2) is 11.5 Å². The number of hydrogen-bond acceptors (Lipinski definition) is 8. The fraction of sp³-hybridized carbons (Fsp3) is 0.179. The fourth-order valence-electron chi connectivity index (χ4n) is 4.10. The summed E-state index contributed by atoms with van der Waals surface area (Å²) in [5.74, 6) is -0.690. The lowest BCUT2D eigenvalue weighted by molar-refractivity contribution is 0.101. The number of carbonyl (C=O) groups excluding carboxylic acids is 2. The molecule has 2 heterocycles. The van der Waals surface area contributed by atoms with Crippen molar-refractivity contribution in [1.29, 1.82) is 0 Å². The molecule has 3 aromatic carbocycles. The van der Waals surface area contributed by atoms with E-state index in [9.17, 15) is 22.4 Å². The Balaban J connectivity index is 1.30. The second-order valence-corrected chi connectivity index (χ2v) is 10.6. The number of anilines is 2. The monoisotopic (exact) mass is 565 g/mol. The number of pyridine rings is 1. The van der Waals surface area contributed by atoms with Gasteiger partial charge < -0.3 is 20.1 Å². The molecule has 5 rings (SSSR count). The molecular weight excluding hydrogens is 541 g/mol. The Morgan fingerprint density at radius 3 is 2.38 bits per heavy atom. The minimum atomic E-state index is -3.66. The lowest BCUT2D eigenvalue weighted by Gasteiger charge is -2.18. The number of hydrogen-bond donors (Lipinski definition) is 2. The van der Waals surface area contributed by atoms with Crippen molar-refractivity contribution in [1.82, 2.24) is 4.98 Å². The van der Waals surface area contributed by atoms with Crippen LogP contribution >= 0.6 is 0 Å². The van der Waals surface area contributed by atoms with Crippen LogP contribution in [0.1, 0.15) is 39.4 Å². The summed E-state index contributed by atoms with van der Waals surface area (Å²) in [7, 11) is -3.66. The van der Waals surface area contributed by atoms with E-state index in [-0.39, 0.29) is 16.9 Å². The molecule has 0 spiro atoms. The summed E-state index contributed by atoms with van der Waals surface area (Å²) in [4.78, 5) is 30.1. The van der Waals surface area contributed by atoms with Gasteiger partial charge in [-0.15, -0.1) is 0 Å². The van der Waals surface area contributed by atoms with Crippen molar-refractivity contribution in [3.8, 4) is 11.5 Å². The van der Waals surface area contributed by atoms with Crippen molar-refractivity contribution in [3.05, 3.63) is 89.4 Å². The predicted octanol–water partition coefficient (Wildman–Crippen LogP) is 4.69. The number of carbonyl (C=O) groups is 2. The van der Waals surface area contributed by atoms with Gasteiger partial charge in [0.1, 0.15) is 25.1 Å². The normalized spacial score (nSPS) is 13.5. The molecule has 0 saturated carbocycles. The van der Waals surface area contributed by atoms with Crippen LogP contribution in [0.2, 0.25) is 0 Å². The standard InChI is InChI=1S/C28H24FN3O7S/c1-16(39-40(2,35)36)22-8-3-17-13-18(4-9-23(17)31-22)28(34)32-24-15-20(6-7-21(24)29)30-27(33)19-5-10-25-26(14-19)38-12-11-37-25/h3-10,13-16H,11-12H2,1-2H3,(H,30,33)(H,32,34). The average molecular weight is 566 g/mol. The maximum Gasteiger partial charge on any atom is 0.265 e. The molecule has 4 aromatic rings. The second kappa shape index (κ2) is 10.9. The summed E-state index contributed by atoms with van der Waals surface area (Å²) in [6.45, 7) is 2.38. The highest BCUT2D eigenvalue weighted by atomic mass is 32.2. The minimum absolute atomic E-state index is 0.120. The summed E-state index contributed by atoms with van der Waals surface area (Å²) in [5, 5.41) is 5.84. The van der Waals surface area contributed by atoms with E-state index in [4.69, 9.17) is 13.7 Å². The molecule has 0 saturated heterocycles. The van der Waals surface area contributed by atoms with Crippen LogP contribution in [-0.4, -0.2) is 44.7 Å². The number of nitrogens with zero attached hydrogens (tertiary/aromatic N) is 1. The van der Waals surface area contributed by atoms with Crippen molar-refractivity contribution < 1.29 is 36.1 Å². The molecule has 10 nitrogen and oxygen atoms in total. The number of nitrogens with one attached hydrogen (secondary N) is 2. The summed E-state index contributed by atoms with van der Waals surface area (Å²) in [6, 6.07) is 16.6. The molecule has 0 bridgehead atoms. The van der Waals surface area contributed by atoms with E-state index in [0.717, 1.165) is 12.3 Å². The first-order valence-electron chi connectivity index (χ1n) is 12.2. The molecule has 1 aromatic heterocycles. The van der Waals surface area contributed by atoms with Gasteiger partial charge >= 0.3 is 0 Å². The fourth-order valence-corrected chi connectivity index (χ4v) is 4.72. The predicted molar refractivity (Wildman–Crippen MR) is 146 cm³/mol. The van der Waals surface area contributed by atoms with Gasteiger partial charge in [-0.2, -0.15) is 8.42 Å². The first kappa shape index (κ1) is 27.0. The molecule has 0 radical (unpaired) electrons. The van der Waals surface area contributed by atoms with Crippen molar-refractivity contribution >= 4 is 44.2 Å². The molecule has 1 unspecified atom stereocenters. The lowest BCUT2D eigenvalue weighted by Crippen LogP contribution is -2.17. The zero-order chi connectivity index (χ0) is 28.4. The number of ether oxygens (including phenoxy) is 2. The molecular formula is C28H24FN3O7S. The van der Waals surface area contributed by atoms with E-state index >= 15 is 0 Å². The maximum atomic E-state index is 14.6. The highest BCUT2D eigenvalue weighted by Crippen LogP contribution is 2.31. The first-order chi connectivity index (χ1) is 19.1. The first-order valence-corrected chi connectivity index (χ1v) is 14.0. The van der Waals surface area contributed by atoms with Crippen LogP contribution in [0.3, 0.4) is 0 Å². The molecule has 1 aliphatic rings. The van der Waals surface area contributed by atoms with Crippen LogP contribution in [0.15, 0.2) is 66.7 Å². The summed E-state index contributed by atoms with van der Waals surface area (Å²) in [5.41, 5.74) is 1.65. The van der Waals surface area contributed by atoms with Crippen molar-refractivity contribution in [2.75, 3.05) is 30.1 Å². The Kier molecular flexibility index (Phi) is 7.37. The van der Waals surface area contributed by atoms with Gasteiger partial charge in [0, 0.05) is 22.2 Å². The average Bonchev–Trinajstić information content (AvgIpc) is 2.93. The topological polar surface area (TPSA) is 133 Å². The van der Waals surface area contributed by atoms with Crippen LogP contribution < -0.4 is 20.1 Å². The summed E-state index contributed by atoms with van der Waals surface area (Å²) < 4.78 is 53.3. The Morgan fingerprint density at radius 1 is 0.900 bits per heavy atom. The van der Waals surface area contributed by atoms with E-state index in [1.807, 2.05) is 0 Å². The van der Waals surface area contributed by atoms with Gasteiger partial charge in [0.25, 0.3) is 21.9 Å². The van der Waals surface area contributed by atoms with Gasteiger partial charge in [-0.1, -0.05) is 6.07 Å². The molecule has 0 fully saturated rings. The number of amides is 2. The van der Waals surface area contributed by atoms with Gasteiger partial charge in [0.05, 0.1) is 23.2 Å². The Labute approximate surface area is 229 Å². The van der Waals surface area contributed by atoms with E-state index in [1.54, 1.807) is 49.4 Å². The number of benzene rings is 3. The Hall–Kier alpha value is -4.55. The van der Waals surface area contributed by atoms with Crippen molar-refractivity contribution in [3.63, 3.8) is 0 Å². The third kappa shape index (κ3) is 6.19. The third-order valence-electron chi connectivity index (χ3n) is 5.99. The third-order valence-corrected chi connectivity index (χ3v) is 6.62. The molecule has 206 valence electrons. The SMILES string of the molecule is CC(OS(C)(=O)=O)c1ccc2cc(C(=O)Nc3cc(NC(=O)c4ccc5c(c4)OCCO5)ccc3F)ccc2n1. The van der Waals surface area contributed by atoms with Crippen molar-refractivity contribution in [2.24, 2.45) is 0 Å². The smallest absolute Gasteiger partial charge is 0.265 e. The Bertz CT molecular complexity index is 1740. The van der Waals surface area contributed by atoms with E-state index in [0.29, 0.717) is 46.9 Å². The number of halogens is 1. The molecule has 0 aliphatic carbocycles. The van der Waals surface area contributed by atoms with Gasteiger partial charge in [-0.3, -0.25) is 18.8 Å². The largest absolute Gasteiger partial charge is 0.486 e. The minimum Gasteiger partial charge on any atom is -0.486 e. The van der Waals surface area contributed by atoms with Crippen LogP contribution in [0.4, 0.5) is 15.8 Å². The number of fused-ring (bicyclic) bond motifs is 2. The summed E-state index contributed by atoms with van der Waals surface area (Å²) in [6.07, 6.45) is 0.176. The molecule has 1 atom stereocenters. The van der Waals surface area contributed by atoms with E-state index in [2.05, 4.69) is 15.6 Å². The molecule has 2 N–H and O–H groups in total. The zero-order valence-corrected chi connectivity index (χ0v) is 22.3. The zero-order valence-electron chi connectivity index (χ0n) is 21.4. The van der Waals surface area contributed by atoms with E-state index in [1.165, 1.54) is 18.2 Å². The van der Waals surface area contributed by atoms with Gasteiger partial charge in [-0.05, 0) is 67.6 Å². The number of aromatic nitrogens is 1. The molecule has 2 amide bonds. The lowest BCUT2D eigenvalue weighted by atomic mass is 10.1.